The number of hydrogen-bond donors (Lipinski definition) is 0. The van der Waals surface area contributed by atoms with Gasteiger partial charge in [-0.2, -0.15) is 5.10 Å². The van der Waals surface area contributed by atoms with Gasteiger partial charge in [0.15, 0.2) is 0 Å². The van der Waals surface area contributed by atoms with Gasteiger partial charge in [0.1, 0.15) is 5.69 Å². The first-order valence-corrected chi connectivity index (χ1v) is 7.56. The van der Waals surface area contributed by atoms with E-state index < -0.39 is 0 Å². The zero-order valence-electron chi connectivity index (χ0n) is 12.1. The summed E-state index contributed by atoms with van der Waals surface area (Å²) >= 11 is 0. The molecule has 1 aromatic heterocycles. The van der Waals surface area contributed by atoms with Gasteiger partial charge >= 0.3 is 0 Å². The van der Waals surface area contributed by atoms with E-state index in [1.54, 1.807) is 6.20 Å². The molecule has 0 fully saturated rings. The summed E-state index contributed by atoms with van der Waals surface area (Å²) in [7, 11) is 0. The van der Waals surface area contributed by atoms with Crippen molar-refractivity contribution in [3.63, 3.8) is 0 Å². The third kappa shape index (κ3) is 3.37. The van der Waals surface area contributed by atoms with Gasteiger partial charge in [-0.3, -0.25) is 9.48 Å². The molecular formula is C15H25N3O. The number of fused-ring (bicyclic) bond motifs is 1. The van der Waals surface area contributed by atoms with Crippen molar-refractivity contribution in [2.45, 2.75) is 65.0 Å². The maximum atomic E-state index is 12.5. The minimum atomic E-state index is 0.151. The molecule has 106 valence electrons. The highest BCUT2D eigenvalue weighted by molar-refractivity contribution is 5.92. The van der Waals surface area contributed by atoms with Crippen molar-refractivity contribution < 1.29 is 4.79 Å². The van der Waals surface area contributed by atoms with Gasteiger partial charge in [0.05, 0.1) is 0 Å². The highest BCUT2D eigenvalue weighted by atomic mass is 16.2. The van der Waals surface area contributed by atoms with Crippen LogP contribution in [0.2, 0.25) is 0 Å². The summed E-state index contributed by atoms with van der Waals surface area (Å²) in [5.74, 6) is 0.151. The summed E-state index contributed by atoms with van der Waals surface area (Å²) in [5.41, 5.74) is 0.748. The molecule has 4 heteroatoms. The molecule has 1 atom stereocenters. The molecule has 2 heterocycles. The standard InChI is InChI=1S/C15H25N3O/c1-3-4-5-6-8-13(2)17-11-7-12-18-14(15(17)19)9-10-16-18/h9-10,13H,3-8,11-12H2,1-2H3. The van der Waals surface area contributed by atoms with E-state index in [0.717, 1.165) is 31.6 Å². The van der Waals surface area contributed by atoms with Crippen molar-refractivity contribution >= 4 is 5.91 Å². The Hall–Kier alpha value is -1.32. The average Bonchev–Trinajstić information content (AvgIpc) is 2.81. The topological polar surface area (TPSA) is 38.1 Å². The Morgan fingerprint density at radius 2 is 2.16 bits per heavy atom. The first-order valence-electron chi connectivity index (χ1n) is 7.56. The Kier molecular flexibility index (Phi) is 5.00. The molecular weight excluding hydrogens is 238 g/mol. The van der Waals surface area contributed by atoms with Gasteiger partial charge in [0.25, 0.3) is 5.91 Å². The fourth-order valence-electron chi connectivity index (χ4n) is 2.77. The van der Waals surface area contributed by atoms with E-state index in [2.05, 4.69) is 18.9 Å². The van der Waals surface area contributed by atoms with Crippen LogP contribution in [-0.2, 0) is 6.54 Å². The monoisotopic (exact) mass is 263 g/mol. The molecule has 1 amide bonds. The smallest absolute Gasteiger partial charge is 0.272 e. The maximum absolute atomic E-state index is 12.5. The van der Waals surface area contributed by atoms with Crippen LogP contribution in [0.15, 0.2) is 12.3 Å². The molecule has 1 aromatic rings. The molecule has 0 saturated carbocycles. The molecule has 19 heavy (non-hydrogen) atoms. The first kappa shape index (κ1) is 14.1. The third-order valence-electron chi connectivity index (χ3n) is 3.97. The van der Waals surface area contributed by atoms with E-state index in [1.165, 1.54) is 25.7 Å². The number of unbranched alkanes of at least 4 members (excludes halogenated alkanes) is 3. The van der Waals surface area contributed by atoms with Gasteiger partial charge < -0.3 is 4.90 Å². The number of nitrogens with zero attached hydrogens (tertiary/aromatic N) is 3. The number of hydrogen-bond acceptors (Lipinski definition) is 2. The molecule has 0 saturated heterocycles. The zero-order valence-corrected chi connectivity index (χ0v) is 12.1. The van der Waals surface area contributed by atoms with Crippen LogP contribution in [-0.4, -0.2) is 33.2 Å². The quantitative estimate of drug-likeness (QED) is 0.740. The van der Waals surface area contributed by atoms with E-state index in [9.17, 15) is 4.79 Å². The number of aromatic nitrogens is 2. The fourth-order valence-corrected chi connectivity index (χ4v) is 2.77. The van der Waals surface area contributed by atoms with Crippen LogP contribution in [0.5, 0.6) is 0 Å². The second-order valence-electron chi connectivity index (χ2n) is 5.49. The van der Waals surface area contributed by atoms with Gasteiger partial charge in [0, 0.05) is 25.3 Å². The van der Waals surface area contributed by atoms with E-state index in [0.29, 0.717) is 6.04 Å². The third-order valence-corrected chi connectivity index (χ3v) is 3.97. The van der Waals surface area contributed by atoms with Crippen molar-refractivity contribution in [3.8, 4) is 0 Å². The van der Waals surface area contributed by atoms with Crippen LogP contribution in [0.1, 0.15) is 62.9 Å². The average molecular weight is 263 g/mol. The molecule has 0 aromatic carbocycles. The number of carbonyl (C=O) groups is 1. The predicted octanol–water partition coefficient (Wildman–Crippen LogP) is 3.09. The summed E-state index contributed by atoms with van der Waals surface area (Å²) in [6, 6.07) is 2.18. The lowest BCUT2D eigenvalue weighted by Gasteiger charge is -2.27. The summed E-state index contributed by atoms with van der Waals surface area (Å²) in [5, 5.41) is 4.22. The largest absolute Gasteiger partial charge is 0.335 e. The molecule has 1 aliphatic rings. The van der Waals surface area contributed by atoms with Crippen LogP contribution in [0.4, 0.5) is 0 Å². The number of amides is 1. The summed E-state index contributed by atoms with van der Waals surface area (Å²) in [6.07, 6.45) is 8.89. The molecule has 0 spiro atoms. The lowest BCUT2D eigenvalue weighted by molar-refractivity contribution is 0.0685. The molecule has 1 aliphatic heterocycles. The summed E-state index contributed by atoms with van der Waals surface area (Å²) in [4.78, 5) is 14.5. The molecule has 1 unspecified atom stereocenters. The van der Waals surface area contributed by atoms with Gasteiger partial charge in [0.2, 0.25) is 0 Å². The van der Waals surface area contributed by atoms with Crippen LogP contribution in [0.25, 0.3) is 0 Å². The van der Waals surface area contributed by atoms with Crippen LogP contribution >= 0.6 is 0 Å². The first-order chi connectivity index (χ1) is 9.24. The molecule has 0 aliphatic carbocycles. The van der Waals surface area contributed by atoms with Crippen LogP contribution in [0, 0.1) is 0 Å². The second-order valence-corrected chi connectivity index (χ2v) is 5.49. The van der Waals surface area contributed by atoms with Crippen molar-refractivity contribution in [2.24, 2.45) is 0 Å². The van der Waals surface area contributed by atoms with E-state index in [-0.39, 0.29) is 5.91 Å². The molecule has 0 radical (unpaired) electrons. The Morgan fingerprint density at radius 3 is 2.95 bits per heavy atom. The zero-order chi connectivity index (χ0) is 13.7. The van der Waals surface area contributed by atoms with Crippen molar-refractivity contribution in [3.05, 3.63) is 18.0 Å². The van der Waals surface area contributed by atoms with Crippen molar-refractivity contribution in [1.82, 2.24) is 14.7 Å². The second kappa shape index (κ2) is 6.73. The Labute approximate surface area is 115 Å². The number of carbonyl (C=O) groups excluding carboxylic acids is 1. The minimum absolute atomic E-state index is 0.151. The molecule has 0 N–H and O–H groups in total. The highest BCUT2D eigenvalue weighted by Gasteiger charge is 2.26. The van der Waals surface area contributed by atoms with E-state index in [4.69, 9.17) is 0 Å². The Morgan fingerprint density at radius 1 is 1.32 bits per heavy atom. The molecule has 2 rings (SSSR count). The van der Waals surface area contributed by atoms with Crippen molar-refractivity contribution in [2.75, 3.05) is 6.54 Å². The highest BCUT2D eigenvalue weighted by Crippen LogP contribution is 2.17. The Bertz CT molecular complexity index is 413. The SMILES string of the molecule is CCCCCCC(C)N1CCCn2nccc2C1=O. The van der Waals surface area contributed by atoms with Gasteiger partial charge in [-0.25, -0.2) is 0 Å². The van der Waals surface area contributed by atoms with Gasteiger partial charge in [-0.15, -0.1) is 0 Å². The van der Waals surface area contributed by atoms with Crippen LogP contribution < -0.4 is 0 Å². The minimum Gasteiger partial charge on any atom is -0.335 e. The van der Waals surface area contributed by atoms with E-state index in [1.807, 2.05) is 15.6 Å². The number of rotatable bonds is 6. The normalized spacial score (nSPS) is 17.2. The Balaban J connectivity index is 1.94. The van der Waals surface area contributed by atoms with E-state index >= 15 is 0 Å². The molecule has 0 bridgehead atoms. The van der Waals surface area contributed by atoms with Crippen LogP contribution in [0.3, 0.4) is 0 Å². The van der Waals surface area contributed by atoms with Gasteiger partial charge in [-0.05, 0) is 25.8 Å². The maximum Gasteiger partial charge on any atom is 0.272 e. The summed E-state index contributed by atoms with van der Waals surface area (Å²) in [6.45, 7) is 6.11. The van der Waals surface area contributed by atoms with Gasteiger partial charge in [-0.1, -0.05) is 32.6 Å². The van der Waals surface area contributed by atoms with Crippen molar-refractivity contribution in [1.29, 1.82) is 0 Å². The molecule has 4 nitrogen and oxygen atoms in total. The number of aryl methyl sites for hydroxylation is 1. The fraction of sp³-hybridized carbons (Fsp3) is 0.733. The lowest BCUT2D eigenvalue weighted by atomic mass is 10.1. The summed E-state index contributed by atoms with van der Waals surface area (Å²) < 4.78 is 1.84. The predicted molar refractivity (Wildman–Crippen MR) is 76.1 cm³/mol. The lowest BCUT2D eigenvalue weighted by Crippen LogP contribution is -2.38.